The molecule has 0 aromatic rings. The van der Waals surface area contributed by atoms with E-state index < -0.39 is 5.97 Å². The zero-order valence-corrected chi connectivity index (χ0v) is 14.0. The smallest absolute Gasteiger partial charge is 0.308 e. The third-order valence-corrected chi connectivity index (χ3v) is 5.96. The lowest BCUT2D eigenvalue weighted by molar-refractivity contribution is -0.143. The zero-order valence-electron chi connectivity index (χ0n) is 14.0. The lowest BCUT2D eigenvalue weighted by Gasteiger charge is -2.39. The van der Waals surface area contributed by atoms with E-state index in [9.17, 15) is 14.7 Å². The molecule has 2 aliphatic carbocycles. The van der Waals surface area contributed by atoms with E-state index in [1.165, 1.54) is 6.42 Å². The Hall–Kier alpha value is -1.06. The van der Waals surface area contributed by atoms with E-state index in [0.29, 0.717) is 24.9 Å². The average molecular weight is 307 g/mol. The highest BCUT2D eigenvalue weighted by Crippen LogP contribution is 2.46. The van der Waals surface area contributed by atoms with Gasteiger partial charge in [0, 0.05) is 19.0 Å². The van der Waals surface area contributed by atoms with Crippen LogP contribution in [0.25, 0.3) is 0 Å². The van der Waals surface area contributed by atoms with Crippen LogP contribution in [0.15, 0.2) is 0 Å². The Balaban J connectivity index is 1.68. The molecule has 0 aromatic carbocycles. The van der Waals surface area contributed by atoms with Gasteiger partial charge < -0.3 is 10.0 Å². The molecular weight excluding hydrogens is 278 g/mol. The van der Waals surface area contributed by atoms with Gasteiger partial charge in [0.05, 0.1) is 5.92 Å². The molecular formula is C18H29NO3. The molecule has 4 heteroatoms. The second-order valence-corrected chi connectivity index (χ2v) is 8.80. The van der Waals surface area contributed by atoms with Crippen LogP contribution in [0.2, 0.25) is 0 Å². The molecule has 22 heavy (non-hydrogen) atoms. The standard InChI is InChI=1S/C18H29NO3/c1-11-6-13(8-18(2,3)7-11)16(20)19-9-14(12-4-5-12)15(10-19)17(21)22/h11-15H,4-10H2,1-3H3,(H,21,22)/t11?,13?,14-,15+/m1/s1. The first-order valence-corrected chi connectivity index (χ1v) is 8.78. The summed E-state index contributed by atoms with van der Waals surface area (Å²) in [6, 6.07) is 0. The number of aliphatic carboxylic acids is 1. The molecule has 0 aromatic heterocycles. The monoisotopic (exact) mass is 307 g/mol. The van der Waals surface area contributed by atoms with Gasteiger partial charge in [-0.3, -0.25) is 9.59 Å². The van der Waals surface area contributed by atoms with Crippen LogP contribution in [0, 0.1) is 35.0 Å². The van der Waals surface area contributed by atoms with E-state index in [0.717, 1.165) is 25.7 Å². The van der Waals surface area contributed by atoms with E-state index in [1.54, 1.807) is 0 Å². The summed E-state index contributed by atoms with van der Waals surface area (Å²) < 4.78 is 0. The van der Waals surface area contributed by atoms with Crippen molar-refractivity contribution >= 4 is 11.9 Å². The number of carboxylic acids is 1. The van der Waals surface area contributed by atoms with Crippen molar-refractivity contribution in [3.8, 4) is 0 Å². The first-order valence-electron chi connectivity index (χ1n) is 8.78. The molecule has 1 aliphatic heterocycles. The van der Waals surface area contributed by atoms with Crippen LogP contribution in [-0.4, -0.2) is 35.0 Å². The molecule has 1 amide bonds. The van der Waals surface area contributed by atoms with Crippen molar-refractivity contribution in [1.82, 2.24) is 4.90 Å². The quantitative estimate of drug-likeness (QED) is 0.872. The van der Waals surface area contributed by atoms with Gasteiger partial charge in [0.25, 0.3) is 0 Å². The van der Waals surface area contributed by atoms with Crippen LogP contribution in [0.5, 0.6) is 0 Å². The van der Waals surface area contributed by atoms with Crippen molar-refractivity contribution in [1.29, 1.82) is 0 Å². The number of carbonyl (C=O) groups excluding carboxylic acids is 1. The van der Waals surface area contributed by atoms with Crippen molar-refractivity contribution in [2.75, 3.05) is 13.1 Å². The summed E-state index contributed by atoms with van der Waals surface area (Å²) in [6.07, 6.45) is 5.37. The molecule has 4 nitrogen and oxygen atoms in total. The van der Waals surface area contributed by atoms with Gasteiger partial charge in [-0.2, -0.15) is 0 Å². The highest BCUT2D eigenvalue weighted by molar-refractivity contribution is 5.81. The second kappa shape index (κ2) is 5.54. The van der Waals surface area contributed by atoms with Crippen molar-refractivity contribution in [2.24, 2.45) is 35.0 Å². The zero-order chi connectivity index (χ0) is 16.1. The minimum Gasteiger partial charge on any atom is -0.481 e. The number of hydrogen-bond acceptors (Lipinski definition) is 2. The molecule has 2 saturated carbocycles. The topological polar surface area (TPSA) is 57.6 Å². The predicted molar refractivity (Wildman–Crippen MR) is 84.2 cm³/mol. The normalized spacial score (nSPS) is 38.0. The third kappa shape index (κ3) is 3.16. The van der Waals surface area contributed by atoms with Gasteiger partial charge in [-0.1, -0.05) is 20.8 Å². The lowest BCUT2D eigenvalue weighted by atomic mass is 9.67. The Labute approximate surface area is 133 Å². The third-order valence-electron chi connectivity index (χ3n) is 5.96. The van der Waals surface area contributed by atoms with E-state index in [1.807, 2.05) is 4.90 Å². The number of hydrogen-bond donors (Lipinski definition) is 1. The van der Waals surface area contributed by atoms with Crippen LogP contribution < -0.4 is 0 Å². The predicted octanol–water partition coefficient (Wildman–Crippen LogP) is 3.02. The second-order valence-electron chi connectivity index (χ2n) is 8.80. The van der Waals surface area contributed by atoms with Crippen molar-refractivity contribution in [3.63, 3.8) is 0 Å². The summed E-state index contributed by atoms with van der Waals surface area (Å²) in [5.41, 5.74) is 0.222. The molecule has 124 valence electrons. The Kier molecular flexibility index (Phi) is 3.98. The van der Waals surface area contributed by atoms with Gasteiger partial charge >= 0.3 is 5.97 Å². The minimum absolute atomic E-state index is 0.0890. The van der Waals surface area contributed by atoms with Crippen LogP contribution in [0.1, 0.15) is 52.9 Å². The average Bonchev–Trinajstić information content (AvgIpc) is 3.14. The summed E-state index contributed by atoms with van der Waals surface area (Å²) in [4.78, 5) is 26.3. The first kappa shape index (κ1) is 15.8. The SMILES string of the molecule is CC1CC(C(=O)N2C[C@H](C(=O)O)[C@@H](C3CC3)C2)CC(C)(C)C1. The van der Waals surface area contributed by atoms with Gasteiger partial charge in [-0.25, -0.2) is 0 Å². The lowest BCUT2D eigenvalue weighted by Crippen LogP contribution is -2.40. The maximum Gasteiger partial charge on any atom is 0.308 e. The maximum atomic E-state index is 12.9. The fraction of sp³-hybridized carbons (Fsp3) is 0.889. The molecule has 0 bridgehead atoms. The van der Waals surface area contributed by atoms with Gasteiger partial charge in [-0.15, -0.1) is 0 Å². The van der Waals surface area contributed by atoms with Crippen LogP contribution in [-0.2, 0) is 9.59 Å². The largest absolute Gasteiger partial charge is 0.481 e. The Morgan fingerprint density at radius 2 is 1.82 bits per heavy atom. The van der Waals surface area contributed by atoms with Crippen LogP contribution in [0.4, 0.5) is 0 Å². The number of carboxylic acid groups (broad SMARTS) is 1. The summed E-state index contributed by atoms with van der Waals surface area (Å²) in [5, 5.41) is 9.46. The van der Waals surface area contributed by atoms with Gasteiger partial charge in [-0.05, 0) is 55.3 Å². The molecule has 4 atom stereocenters. The van der Waals surface area contributed by atoms with Crippen molar-refractivity contribution in [3.05, 3.63) is 0 Å². The van der Waals surface area contributed by atoms with E-state index in [-0.39, 0.29) is 29.1 Å². The van der Waals surface area contributed by atoms with E-state index in [2.05, 4.69) is 20.8 Å². The van der Waals surface area contributed by atoms with Crippen LogP contribution >= 0.6 is 0 Å². The maximum absolute atomic E-state index is 12.9. The Bertz CT molecular complexity index is 469. The summed E-state index contributed by atoms with van der Waals surface area (Å²) in [6.45, 7) is 7.84. The van der Waals surface area contributed by atoms with E-state index >= 15 is 0 Å². The fourth-order valence-electron chi connectivity index (χ4n) is 5.06. The molecule has 1 N–H and O–H groups in total. The molecule has 2 unspecified atom stereocenters. The first-order chi connectivity index (χ1) is 10.3. The highest BCUT2D eigenvalue weighted by atomic mass is 16.4. The molecule has 0 spiro atoms. The minimum atomic E-state index is -0.718. The fourth-order valence-corrected chi connectivity index (χ4v) is 5.06. The molecule has 3 rings (SSSR count). The van der Waals surface area contributed by atoms with Crippen molar-refractivity contribution < 1.29 is 14.7 Å². The molecule has 3 fully saturated rings. The Morgan fingerprint density at radius 3 is 2.36 bits per heavy atom. The molecule has 0 radical (unpaired) electrons. The highest BCUT2D eigenvalue weighted by Gasteiger charge is 2.48. The van der Waals surface area contributed by atoms with Gasteiger partial charge in [0.15, 0.2) is 0 Å². The van der Waals surface area contributed by atoms with E-state index in [4.69, 9.17) is 0 Å². The Morgan fingerprint density at radius 1 is 1.14 bits per heavy atom. The number of likely N-dealkylation sites (tertiary alicyclic amines) is 1. The summed E-state index contributed by atoms with van der Waals surface area (Å²) in [7, 11) is 0. The summed E-state index contributed by atoms with van der Waals surface area (Å²) in [5.74, 6) is 0.557. The molecule has 3 aliphatic rings. The molecule has 1 heterocycles. The summed E-state index contributed by atoms with van der Waals surface area (Å²) >= 11 is 0. The number of nitrogens with zero attached hydrogens (tertiary/aromatic N) is 1. The number of carbonyl (C=O) groups is 2. The van der Waals surface area contributed by atoms with Crippen molar-refractivity contribution in [2.45, 2.75) is 52.9 Å². The van der Waals surface area contributed by atoms with Crippen LogP contribution in [0.3, 0.4) is 0 Å². The number of rotatable bonds is 3. The van der Waals surface area contributed by atoms with Gasteiger partial charge in [0.1, 0.15) is 0 Å². The van der Waals surface area contributed by atoms with Gasteiger partial charge in [0.2, 0.25) is 5.91 Å². The molecule has 1 saturated heterocycles. The number of amides is 1.